The smallest absolute Gasteiger partial charge is 0.0452 e. The highest BCUT2D eigenvalue weighted by molar-refractivity contribution is 6.29. The number of benzene rings is 2. The summed E-state index contributed by atoms with van der Waals surface area (Å²) in [6.45, 7) is 4.19. The molecule has 2 heteroatoms. The van der Waals surface area contributed by atoms with Gasteiger partial charge in [-0.2, -0.15) is 0 Å². The third kappa shape index (κ3) is 1.27. The van der Waals surface area contributed by atoms with E-state index in [4.69, 9.17) is 10.8 Å². The minimum Gasteiger partial charge on any atom is -0.304 e. The molecule has 0 saturated heterocycles. The molecule has 0 unspecified atom stereocenters. The molecule has 0 saturated carbocycles. The molecule has 0 aromatic heterocycles. The van der Waals surface area contributed by atoms with Crippen LogP contribution in [0.25, 0.3) is 10.8 Å². The highest BCUT2D eigenvalue weighted by Gasteiger charge is 2.21. The summed E-state index contributed by atoms with van der Waals surface area (Å²) >= 11 is 0. The fourth-order valence-electron chi connectivity index (χ4n) is 2.74. The quantitative estimate of drug-likeness (QED) is 0.684. The highest BCUT2D eigenvalue weighted by Crippen LogP contribution is 2.33. The topological polar surface area (TPSA) is 47.7 Å². The van der Waals surface area contributed by atoms with E-state index in [1.54, 1.807) is 0 Å². The lowest BCUT2D eigenvalue weighted by Crippen LogP contribution is -2.16. The Morgan fingerprint density at radius 3 is 1.71 bits per heavy atom. The Kier molecular flexibility index (Phi) is 1.96. The Labute approximate surface area is 100 Å². The first-order valence-corrected chi connectivity index (χ1v) is 5.78. The first-order valence-electron chi connectivity index (χ1n) is 5.78. The fourth-order valence-corrected chi connectivity index (χ4v) is 2.74. The van der Waals surface area contributed by atoms with E-state index < -0.39 is 0 Å². The molecule has 0 heterocycles. The molecule has 2 aromatic rings. The number of nitrogens with one attached hydrogen (secondary N) is 2. The maximum atomic E-state index is 8.04. The summed E-state index contributed by atoms with van der Waals surface area (Å²) in [4.78, 5) is 0. The zero-order chi connectivity index (χ0) is 12.2. The lowest BCUT2D eigenvalue weighted by molar-refractivity contribution is 1.32. The minimum absolute atomic E-state index is 0.453. The van der Waals surface area contributed by atoms with Crippen LogP contribution < -0.4 is 0 Å². The largest absolute Gasteiger partial charge is 0.304 e. The SMILES string of the molecule is Cc1ccc2c3c(ccc(C)c13)C(=N)CC2=N. The number of rotatable bonds is 0. The average Bonchev–Trinajstić information content (AvgIpc) is 2.28. The van der Waals surface area contributed by atoms with E-state index in [1.165, 1.54) is 16.5 Å². The summed E-state index contributed by atoms with van der Waals surface area (Å²) in [5.41, 5.74) is 5.59. The third-order valence-corrected chi connectivity index (χ3v) is 3.58. The van der Waals surface area contributed by atoms with Gasteiger partial charge in [-0.05, 0) is 30.4 Å². The first-order chi connectivity index (χ1) is 8.09. The van der Waals surface area contributed by atoms with E-state index in [0.29, 0.717) is 17.8 Å². The predicted molar refractivity (Wildman–Crippen MR) is 71.7 cm³/mol. The molecule has 2 N–H and O–H groups in total. The third-order valence-electron chi connectivity index (χ3n) is 3.58. The summed E-state index contributed by atoms with van der Waals surface area (Å²) in [6, 6.07) is 8.21. The van der Waals surface area contributed by atoms with E-state index >= 15 is 0 Å². The molecule has 3 rings (SSSR count). The van der Waals surface area contributed by atoms with Crippen LogP contribution in [0.3, 0.4) is 0 Å². The van der Waals surface area contributed by atoms with E-state index in [0.717, 1.165) is 16.5 Å². The van der Waals surface area contributed by atoms with E-state index in [1.807, 2.05) is 12.1 Å². The second-order valence-corrected chi connectivity index (χ2v) is 4.74. The maximum Gasteiger partial charge on any atom is 0.0452 e. The fraction of sp³-hybridized carbons (Fsp3) is 0.200. The average molecular weight is 222 g/mol. The van der Waals surface area contributed by atoms with Gasteiger partial charge in [0.25, 0.3) is 0 Å². The normalized spacial score (nSPS) is 14.5. The van der Waals surface area contributed by atoms with Crippen LogP contribution >= 0.6 is 0 Å². The molecular formula is C15H14N2. The van der Waals surface area contributed by atoms with Crippen LogP contribution in [0.1, 0.15) is 28.7 Å². The lowest BCUT2D eigenvalue weighted by atomic mass is 9.83. The van der Waals surface area contributed by atoms with Crippen molar-refractivity contribution in [3.05, 3.63) is 46.5 Å². The Morgan fingerprint density at radius 2 is 1.24 bits per heavy atom. The van der Waals surface area contributed by atoms with Gasteiger partial charge >= 0.3 is 0 Å². The molecule has 0 amide bonds. The lowest BCUT2D eigenvalue weighted by Gasteiger charge is -2.21. The molecule has 0 fully saturated rings. The number of hydrogen-bond acceptors (Lipinski definition) is 2. The molecular weight excluding hydrogens is 208 g/mol. The zero-order valence-electron chi connectivity index (χ0n) is 10.0. The van der Waals surface area contributed by atoms with Crippen LogP contribution in [0.5, 0.6) is 0 Å². The van der Waals surface area contributed by atoms with Crippen LogP contribution in [-0.2, 0) is 0 Å². The van der Waals surface area contributed by atoms with Gasteiger partial charge in [-0.25, -0.2) is 0 Å². The van der Waals surface area contributed by atoms with Crippen molar-refractivity contribution in [3.63, 3.8) is 0 Å². The molecule has 0 radical (unpaired) electrons. The summed E-state index contributed by atoms with van der Waals surface area (Å²) < 4.78 is 0. The molecule has 84 valence electrons. The van der Waals surface area contributed by atoms with Gasteiger partial charge in [0.05, 0.1) is 0 Å². The van der Waals surface area contributed by atoms with Gasteiger partial charge in [0.2, 0.25) is 0 Å². The molecule has 2 aromatic carbocycles. The first kappa shape index (κ1) is 10.2. The predicted octanol–water partition coefficient (Wildman–Crippen LogP) is 3.60. The van der Waals surface area contributed by atoms with Crippen molar-refractivity contribution >= 4 is 22.2 Å². The summed E-state index contributed by atoms with van der Waals surface area (Å²) in [7, 11) is 0. The Hall–Kier alpha value is -1.96. The van der Waals surface area contributed by atoms with Gasteiger partial charge in [0.1, 0.15) is 0 Å². The second kappa shape index (κ2) is 3.27. The Balaban J connectivity index is 2.61. The molecule has 0 spiro atoms. The van der Waals surface area contributed by atoms with Crippen molar-refractivity contribution in [1.82, 2.24) is 0 Å². The maximum absolute atomic E-state index is 8.04. The van der Waals surface area contributed by atoms with Crippen LogP contribution in [0.4, 0.5) is 0 Å². The summed E-state index contributed by atoms with van der Waals surface area (Å²) in [5.74, 6) is 0. The van der Waals surface area contributed by atoms with Crippen molar-refractivity contribution in [2.75, 3.05) is 0 Å². The van der Waals surface area contributed by atoms with Crippen LogP contribution in [0, 0.1) is 24.7 Å². The van der Waals surface area contributed by atoms with E-state index in [-0.39, 0.29) is 0 Å². The van der Waals surface area contributed by atoms with Crippen LogP contribution in [0.2, 0.25) is 0 Å². The van der Waals surface area contributed by atoms with Gasteiger partial charge in [0, 0.05) is 34.4 Å². The van der Waals surface area contributed by atoms with Gasteiger partial charge in [-0.3, -0.25) is 0 Å². The second-order valence-electron chi connectivity index (χ2n) is 4.74. The molecule has 17 heavy (non-hydrogen) atoms. The molecule has 1 aliphatic carbocycles. The Morgan fingerprint density at radius 1 is 0.765 bits per heavy atom. The van der Waals surface area contributed by atoms with Gasteiger partial charge in [0.15, 0.2) is 0 Å². The molecule has 0 aliphatic heterocycles. The molecule has 0 bridgehead atoms. The highest BCUT2D eigenvalue weighted by atomic mass is 14.5. The summed E-state index contributed by atoms with van der Waals surface area (Å²) in [6.07, 6.45) is 0.453. The van der Waals surface area contributed by atoms with Crippen molar-refractivity contribution in [3.8, 4) is 0 Å². The molecule has 0 atom stereocenters. The van der Waals surface area contributed by atoms with Crippen LogP contribution in [-0.4, -0.2) is 11.4 Å². The van der Waals surface area contributed by atoms with Gasteiger partial charge in [-0.15, -0.1) is 0 Å². The molecule has 1 aliphatic rings. The van der Waals surface area contributed by atoms with Gasteiger partial charge in [-0.1, -0.05) is 24.3 Å². The standard InChI is InChI=1S/C15H14N2/c1-8-3-5-10-12(16)7-13(17)11-6-4-9(2)14(8)15(10)11/h3-6,16-17H,7H2,1-2H3. The van der Waals surface area contributed by atoms with Crippen molar-refractivity contribution in [2.24, 2.45) is 0 Å². The minimum atomic E-state index is 0.453. The van der Waals surface area contributed by atoms with Gasteiger partial charge < -0.3 is 10.8 Å². The number of hydrogen-bond donors (Lipinski definition) is 2. The van der Waals surface area contributed by atoms with Crippen molar-refractivity contribution < 1.29 is 0 Å². The molecule has 2 nitrogen and oxygen atoms in total. The van der Waals surface area contributed by atoms with E-state index in [9.17, 15) is 0 Å². The van der Waals surface area contributed by atoms with Crippen molar-refractivity contribution in [1.29, 1.82) is 10.8 Å². The van der Waals surface area contributed by atoms with Crippen LogP contribution in [0.15, 0.2) is 24.3 Å². The monoisotopic (exact) mass is 222 g/mol. The van der Waals surface area contributed by atoms with Crippen molar-refractivity contribution in [2.45, 2.75) is 20.3 Å². The Bertz CT molecular complexity index is 626. The zero-order valence-corrected chi connectivity index (χ0v) is 10.0. The number of aryl methyl sites for hydroxylation is 2. The summed E-state index contributed by atoms with van der Waals surface area (Å²) in [5, 5.41) is 18.4. The van der Waals surface area contributed by atoms with E-state index in [2.05, 4.69) is 26.0 Å².